The molecule has 220 valence electrons. The van der Waals surface area contributed by atoms with Crippen molar-refractivity contribution >= 4 is 11.8 Å². The highest BCUT2D eigenvalue weighted by Gasteiger charge is 2.97. The first-order valence-electron chi connectivity index (χ1n) is 14.4. The Morgan fingerprint density at radius 1 is 1.08 bits per heavy atom. The van der Waals surface area contributed by atoms with Gasteiger partial charge in [-0.15, -0.1) is 0 Å². The van der Waals surface area contributed by atoms with Gasteiger partial charge in [0.1, 0.15) is 25.3 Å². The second-order valence-electron chi connectivity index (χ2n) is 12.1. The minimum Gasteiger partial charge on any atom is -0.449 e. The van der Waals surface area contributed by atoms with E-state index < -0.39 is 45.7 Å². The third-order valence-electron chi connectivity index (χ3n) is 9.90. The van der Waals surface area contributed by atoms with Crippen molar-refractivity contribution in [2.45, 2.75) is 115 Å². The van der Waals surface area contributed by atoms with Gasteiger partial charge < -0.3 is 33.9 Å². The van der Waals surface area contributed by atoms with Crippen molar-refractivity contribution in [3.05, 3.63) is 23.3 Å². The molecule has 1 aliphatic heterocycles. The van der Waals surface area contributed by atoms with Crippen molar-refractivity contribution in [1.29, 1.82) is 0 Å². The number of unbranched alkanes of at least 4 members (excludes halogenated alkanes) is 2. The van der Waals surface area contributed by atoms with Gasteiger partial charge in [0.2, 0.25) is 5.60 Å². The van der Waals surface area contributed by atoms with Crippen LogP contribution in [0.4, 0.5) is 0 Å². The summed E-state index contributed by atoms with van der Waals surface area (Å²) in [6.07, 6.45) is 3.22. The number of aliphatic hydroxyl groups is 2. The van der Waals surface area contributed by atoms with E-state index in [0.717, 1.165) is 25.7 Å². The number of fused-ring (bicyclic) bond motifs is 2. The summed E-state index contributed by atoms with van der Waals surface area (Å²) in [6.45, 7) is 15.6. The topological polar surface area (TPSA) is 121 Å². The van der Waals surface area contributed by atoms with Crippen molar-refractivity contribution in [2.24, 2.45) is 11.3 Å². The quantitative estimate of drug-likeness (QED) is 0.201. The number of esters is 1. The van der Waals surface area contributed by atoms with Crippen LogP contribution in [0.15, 0.2) is 23.3 Å². The molecule has 3 aliphatic carbocycles. The maximum atomic E-state index is 14.2. The summed E-state index contributed by atoms with van der Waals surface area (Å²) in [7, 11) is 0. The highest BCUT2D eigenvalue weighted by Crippen LogP contribution is 2.77. The van der Waals surface area contributed by atoms with Crippen LogP contribution in [0.25, 0.3) is 0 Å². The number of ketones is 1. The molecule has 39 heavy (non-hydrogen) atoms. The summed E-state index contributed by atoms with van der Waals surface area (Å²) < 4.78 is 30.7. The van der Waals surface area contributed by atoms with Crippen LogP contribution < -0.4 is 0 Å². The van der Waals surface area contributed by atoms with E-state index in [4.69, 9.17) is 23.7 Å². The fraction of sp³-hybridized carbons (Fsp3) is 0.800. The van der Waals surface area contributed by atoms with Crippen LogP contribution in [0, 0.1) is 11.3 Å². The van der Waals surface area contributed by atoms with Gasteiger partial charge in [0.25, 0.3) is 0 Å². The summed E-state index contributed by atoms with van der Waals surface area (Å²) in [5.74, 6) is -1.53. The summed E-state index contributed by atoms with van der Waals surface area (Å²) in [4.78, 5) is 27.6. The highest BCUT2D eigenvalue weighted by atomic mass is 16.7. The van der Waals surface area contributed by atoms with Crippen LogP contribution in [-0.2, 0) is 33.3 Å². The van der Waals surface area contributed by atoms with Crippen LogP contribution in [0.5, 0.6) is 0 Å². The Labute approximate surface area is 231 Å². The third-order valence-corrected chi connectivity index (χ3v) is 9.90. The van der Waals surface area contributed by atoms with E-state index in [-0.39, 0.29) is 37.1 Å². The predicted octanol–water partition coefficient (Wildman–Crippen LogP) is 3.75. The molecule has 2 saturated carbocycles. The van der Waals surface area contributed by atoms with Gasteiger partial charge in [-0.2, -0.15) is 0 Å². The first-order valence-corrected chi connectivity index (χ1v) is 14.4. The minimum atomic E-state index is -2.43. The molecule has 0 radical (unpaired) electrons. The Bertz CT molecular complexity index is 1040. The highest BCUT2D eigenvalue weighted by molar-refractivity contribution is 6.13. The Balaban J connectivity index is 1.93. The molecule has 2 bridgehead atoms. The fourth-order valence-electron chi connectivity index (χ4n) is 8.04. The number of hydrogen-bond acceptors (Lipinski definition) is 9. The van der Waals surface area contributed by atoms with Crippen molar-refractivity contribution in [2.75, 3.05) is 26.8 Å². The van der Waals surface area contributed by atoms with Crippen molar-refractivity contribution < 1.29 is 43.5 Å². The Kier molecular flexibility index (Phi) is 8.29. The van der Waals surface area contributed by atoms with Gasteiger partial charge in [-0.1, -0.05) is 47.1 Å². The fourth-order valence-corrected chi connectivity index (χ4v) is 8.04. The number of ether oxygens (including phenoxy) is 5. The first-order chi connectivity index (χ1) is 18.4. The van der Waals surface area contributed by atoms with Gasteiger partial charge in [0, 0.05) is 18.8 Å². The van der Waals surface area contributed by atoms with Gasteiger partial charge in [-0.3, -0.25) is 9.59 Å². The van der Waals surface area contributed by atoms with Crippen molar-refractivity contribution in [1.82, 2.24) is 0 Å². The Hall–Kier alpha value is -1.62. The van der Waals surface area contributed by atoms with Gasteiger partial charge in [-0.05, 0) is 56.6 Å². The van der Waals surface area contributed by atoms with Gasteiger partial charge in [-0.25, -0.2) is 0 Å². The molecule has 1 heterocycles. The lowest BCUT2D eigenvalue weighted by Crippen LogP contribution is -2.78. The summed E-state index contributed by atoms with van der Waals surface area (Å²) in [5.41, 5.74) is -8.98. The van der Waals surface area contributed by atoms with Gasteiger partial charge in [0.05, 0.1) is 11.8 Å². The molecule has 9 nitrogen and oxygen atoms in total. The molecule has 1 saturated heterocycles. The summed E-state index contributed by atoms with van der Waals surface area (Å²) in [5, 5.41) is 25.6. The molecule has 3 fully saturated rings. The molecule has 0 aromatic heterocycles. The Morgan fingerprint density at radius 3 is 2.28 bits per heavy atom. The van der Waals surface area contributed by atoms with E-state index in [9.17, 15) is 19.8 Å². The largest absolute Gasteiger partial charge is 0.449 e. The number of carbonyl (C=O) groups excluding carboxylic acids is 2. The molecular weight excluding hydrogens is 504 g/mol. The average Bonchev–Trinajstić information content (AvgIpc) is 3.07. The number of carbonyl (C=O) groups is 2. The van der Waals surface area contributed by atoms with Crippen LogP contribution in [0.3, 0.4) is 0 Å². The van der Waals surface area contributed by atoms with Crippen LogP contribution >= 0.6 is 0 Å². The second kappa shape index (κ2) is 10.7. The number of hydrogen-bond donors (Lipinski definition) is 2. The number of allylic oxidation sites excluding steroid dienone is 1. The monoisotopic (exact) mass is 550 g/mol. The molecule has 0 aromatic carbocycles. The Morgan fingerprint density at radius 2 is 1.69 bits per heavy atom. The summed E-state index contributed by atoms with van der Waals surface area (Å²) in [6, 6.07) is 0. The normalized spacial score (nSPS) is 41.0. The lowest BCUT2D eigenvalue weighted by molar-refractivity contribution is -0.345. The zero-order valence-corrected chi connectivity index (χ0v) is 24.4. The first kappa shape index (κ1) is 30.3. The minimum absolute atomic E-state index is 0.105. The van der Waals surface area contributed by atoms with E-state index in [0.29, 0.717) is 31.6 Å². The van der Waals surface area contributed by atoms with Gasteiger partial charge >= 0.3 is 5.97 Å². The molecule has 2 N–H and O–H groups in total. The van der Waals surface area contributed by atoms with E-state index in [1.165, 1.54) is 0 Å². The van der Waals surface area contributed by atoms with Crippen molar-refractivity contribution in [3.8, 4) is 0 Å². The maximum absolute atomic E-state index is 14.2. The lowest BCUT2D eigenvalue weighted by atomic mass is 9.55. The van der Waals surface area contributed by atoms with E-state index in [1.54, 1.807) is 20.8 Å². The smallest absolute Gasteiger partial charge is 0.307 e. The molecular formula is C30H46O9. The lowest BCUT2D eigenvalue weighted by Gasteiger charge is -2.61. The second-order valence-corrected chi connectivity index (χ2v) is 12.1. The SMILES string of the molecule is C=C(C)C1=C(C)C2(O)C(O)(C1=O)[C@@]1(C)CC(=O)OC23C(OCOCCCC)C(C)CC[C@@]31OCOCCCC. The van der Waals surface area contributed by atoms with E-state index >= 15 is 0 Å². The zero-order chi connectivity index (χ0) is 28.9. The standard InChI is InChI=1S/C30H46O9/c1-8-10-14-35-17-37-25-20(5)12-13-27(38-18-36-15-11-9-2)26(7)16-22(31)39-30(25,27)28(33)21(6)23(19(3)4)24(32)29(26,28)34/h20,25,33-34H,3,8-18H2,1-2,4-7H3/t20?,25?,26-,27-,28?,29?,30?/m0/s1. The molecule has 0 spiro atoms. The molecule has 4 aliphatic rings. The summed E-state index contributed by atoms with van der Waals surface area (Å²) >= 11 is 0. The average molecular weight is 551 g/mol. The predicted molar refractivity (Wildman–Crippen MR) is 143 cm³/mol. The molecule has 0 aromatic rings. The van der Waals surface area contributed by atoms with Crippen LogP contribution in [-0.4, -0.2) is 77.3 Å². The number of Topliss-reactive ketones (excluding diaryl/α,β-unsaturated/α-hetero) is 1. The van der Waals surface area contributed by atoms with E-state index in [2.05, 4.69) is 20.4 Å². The number of rotatable bonds is 13. The van der Waals surface area contributed by atoms with Crippen molar-refractivity contribution in [3.63, 3.8) is 0 Å². The zero-order valence-electron chi connectivity index (χ0n) is 24.4. The molecule has 0 amide bonds. The van der Waals surface area contributed by atoms with Crippen LogP contribution in [0.2, 0.25) is 0 Å². The molecule has 5 unspecified atom stereocenters. The third kappa shape index (κ3) is 3.66. The molecule has 7 atom stereocenters. The van der Waals surface area contributed by atoms with E-state index in [1.807, 2.05) is 6.92 Å². The molecule has 4 rings (SSSR count). The maximum Gasteiger partial charge on any atom is 0.307 e. The van der Waals surface area contributed by atoms with Crippen LogP contribution in [0.1, 0.15) is 86.5 Å². The molecule has 9 heteroatoms. The van der Waals surface area contributed by atoms with Gasteiger partial charge in [0.15, 0.2) is 17.0 Å².